The van der Waals surface area contributed by atoms with Crippen LogP contribution in [0, 0.1) is 5.92 Å². The molecule has 1 N–H and O–H groups in total. The second-order valence-corrected chi connectivity index (χ2v) is 11.5. The van der Waals surface area contributed by atoms with Crippen molar-refractivity contribution in [1.82, 2.24) is 19.8 Å². The van der Waals surface area contributed by atoms with Crippen molar-refractivity contribution in [1.29, 1.82) is 0 Å². The number of fused-ring (bicyclic) bond motifs is 1. The minimum Gasteiger partial charge on any atom is -0.338 e. The van der Waals surface area contributed by atoms with Gasteiger partial charge in [-0.2, -0.15) is 13.2 Å². The van der Waals surface area contributed by atoms with Gasteiger partial charge in [0.25, 0.3) is 0 Å². The van der Waals surface area contributed by atoms with Crippen LogP contribution in [-0.2, 0) is 12.7 Å². The summed E-state index contributed by atoms with van der Waals surface area (Å²) in [6.07, 6.45) is 3.72. The zero-order valence-electron chi connectivity index (χ0n) is 22.9. The van der Waals surface area contributed by atoms with Crippen LogP contribution in [0.25, 0.3) is 33.5 Å². The Labute approximate surface area is 234 Å². The largest absolute Gasteiger partial charge is 0.416 e. The molecular weight excluding hydrogens is 509 g/mol. The maximum absolute atomic E-state index is 13.1. The first-order valence-corrected chi connectivity index (χ1v) is 14.6. The van der Waals surface area contributed by atoms with E-state index in [1.165, 1.54) is 88.4 Å². The summed E-state index contributed by atoms with van der Waals surface area (Å²) in [7, 11) is 0. The Bertz CT molecular complexity index is 1410. The van der Waals surface area contributed by atoms with Crippen molar-refractivity contribution in [2.75, 3.05) is 32.7 Å². The highest BCUT2D eigenvalue weighted by molar-refractivity contribution is 5.80. The van der Waals surface area contributed by atoms with Crippen LogP contribution < -0.4 is 0 Å². The number of aromatic amines is 1. The fourth-order valence-corrected chi connectivity index (χ4v) is 6.23. The molecule has 2 aliphatic heterocycles. The molecule has 4 nitrogen and oxygen atoms in total. The average Bonchev–Trinajstić information content (AvgIpc) is 3.41. The highest BCUT2D eigenvalue weighted by Gasteiger charge is 2.30. The lowest BCUT2D eigenvalue weighted by molar-refractivity contribution is -0.137. The number of nitrogens with one attached hydrogen (secondary N) is 1. The van der Waals surface area contributed by atoms with E-state index >= 15 is 0 Å². The Morgan fingerprint density at radius 1 is 0.775 bits per heavy atom. The lowest BCUT2D eigenvalue weighted by Crippen LogP contribution is -2.36. The minimum absolute atomic E-state index is 0.382. The van der Waals surface area contributed by atoms with Crippen molar-refractivity contribution < 1.29 is 13.2 Å². The lowest BCUT2D eigenvalue weighted by Gasteiger charge is -2.34. The van der Waals surface area contributed by atoms with E-state index in [1.807, 2.05) is 12.1 Å². The molecule has 4 aromatic rings. The van der Waals surface area contributed by atoms with Gasteiger partial charge in [-0.1, -0.05) is 48.9 Å². The predicted octanol–water partition coefficient (Wildman–Crippen LogP) is 8.00. The van der Waals surface area contributed by atoms with Gasteiger partial charge in [-0.3, -0.25) is 4.90 Å². The number of imidazole rings is 1. The average molecular weight is 547 g/mol. The number of benzene rings is 3. The molecule has 3 aromatic carbocycles. The normalized spacial score (nSPS) is 18.0. The van der Waals surface area contributed by atoms with E-state index in [4.69, 9.17) is 0 Å². The van der Waals surface area contributed by atoms with Gasteiger partial charge in [0.2, 0.25) is 0 Å². The summed E-state index contributed by atoms with van der Waals surface area (Å²) >= 11 is 0. The predicted molar refractivity (Wildman–Crippen MR) is 155 cm³/mol. The van der Waals surface area contributed by atoms with Crippen LogP contribution in [0.15, 0.2) is 66.7 Å². The van der Waals surface area contributed by atoms with Gasteiger partial charge in [0.05, 0.1) is 16.6 Å². The summed E-state index contributed by atoms with van der Waals surface area (Å²) in [6, 6.07) is 20.4. The maximum atomic E-state index is 13.1. The van der Waals surface area contributed by atoms with Crippen LogP contribution in [0.3, 0.4) is 0 Å². The summed E-state index contributed by atoms with van der Waals surface area (Å²) in [6.45, 7) is 7.19. The zero-order chi connectivity index (χ0) is 27.5. The van der Waals surface area contributed by atoms with E-state index in [9.17, 15) is 13.2 Å². The van der Waals surface area contributed by atoms with Crippen molar-refractivity contribution in [3.63, 3.8) is 0 Å². The van der Waals surface area contributed by atoms with E-state index in [0.717, 1.165) is 35.7 Å². The molecular formula is C33H37F3N4. The molecule has 6 rings (SSSR count). The fraction of sp³-hybridized carbons (Fsp3) is 0.424. The SMILES string of the molecule is FC(F)(F)c1ccc2nc(-c3ccc(-c4cccc(CN5CCC(CCN6CCCCC6)CC5)c4)cc3)[nH]c2c1. The molecule has 3 heterocycles. The molecule has 1 aromatic heterocycles. The number of hydrogen-bond acceptors (Lipinski definition) is 3. The Hall–Kier alpha value is -3.16. The lowest BCUT2D eigenvalue weighted by atomic mass is 9.92. The van der Waals surface area contributed by atoms with Crippen molar-refractivity contribution in [3.8, 4) is 22.5 Å². The maximum Gasteiger partial charge on any atom is 0.416 e. The highest BCUT2D eigenvalue weighted by Crippen LogP contribution is 2.32. The Kier molecular flexibility index (Phi) is 7.94. The van der Waals surface area contributed by atoms with Crippen LogP contribution in [0.1, 0.15) is 49.7 Å². The number of hydrogen-bond donors (Lipinski definition) is 1. The molecule has 2 saturated heterocycles. The minimum atomic E-state index is -4.38. The third-order valence-electron chi connectivity index (χ3n) is 8.64. The standard InChI is InChI=1S/C33H37F3N4/c34-33(35,36)29-11-12-30-31(22-29)38-32(37-30)27-9-7-26(8-10-27)28-6-4-5-25(21-28)23-40-19-14-24(15-20-40)13-18-39-16-2-1-3-17-39/h4-12,21-22,24H,1-3,13-20,23H2,(H,37,38). The second kappa shape index (κ2) is 11.8. The van der Waals surface area contributed by atoms with Crippen LogP contribution in [0.2, 0.25) is 0 Å². The molecule has 210 valence electrons. The summed E-state index contributed by atoms with van der Waals surface area (Å²) < 4.78 is 39.2. The summed E-state index contributed by atoms with van der Waals surface area (Å²) in [5, 5.41) is 0. The van der Waals surface area contributed by atoms with Crippen molar-refractivity contribution in [2.45, 2.75) is 51.2 Å². The number of aromatic nitrogens is 2. The smallest absolute Gasteiger partial charge is 0.338 e. The monoisotopic (exact) mass is 546 g/mol. The molecule has 0 amide bonds. The third-order valence-corrected chi connectivity index (χ3v) is 8.64. The second-order valence-electron chi connectivity index (χ2n) is 11.5. The first-order valence-electron chi connectivity index (χ1n) is 14.6. The first-order chi connectivity index (χ1) is 19.4. The quantitative estimate of drug-likeness (QED) is 0.255. The van der Waals surface area contributed by atoms with E-state index < -0.39 is 11.7 Å². The van der Waals surface area contributed by atoms with Gasteiger partial charge in [-0.25, -0.2) is 4.98 Å². The van der Waals surface area contributed by atoms with Gasteiger partial charge < -0.3 is 9.88 Å². The molecule has 0 bridgehead atoms. The van der Waals surface area contributed by atoms with Crippen molar-refractivity contribution in [3.05, 3.63) is 77.9 Å². The van der Waals surface area contributed by atoms with Gasteiger partial charge >= 0.3 is 6.18 Å². The van der Waals surface area contributed by atoms with Gasteiger partial charge in [0, 0.05) is 12.1 Å². The Morgan fingerprint density at radius 2 is 1.52 bits per heavy atom. The molecule has 0 radical (unpaired) electrons. The molecule has 0 unspecified atom stereocenters. The zero-order valence-corrected chi connectivity index (χ0v) is 22.9. The van der Waals surface area contributed by atoms with Crippen LogP contribution in [0.5, 0.6) is 0 Å². The molecule has 0 aliphatic carbocycles. The first kappa shape index (κ1) is 27.0. The summed E-state index contributed by atoms with van der Waals surface area (Å²) in [4.78, 5) is 12.8. The topological polar surface area (TPSA) is 35.2 Å². The molecule has 2 aliphatic rings. The van der Waals surface area contributed by atoms with E-state index in [0.29, 0.717) is 16.9 Å². The number of H-pyrrole nitrogens is 1. The molecule has 2 fully saturated rings. The van der Waals surface area contributed by atoms with E-state index in [1.54, 1.807) is 0 Å². The van der Waals surface area contributed by atoms with Crippen molar-refractivity contribution in [2.24, 2.45) is 5.92 Å². The summed E-state index contributed by atoms with van der Waals surface area (Å²) in [5.41, 5.74) is 4.66. The number of piperidine rings is 2. The Morgan fingerprint density at radius 3 is 2.27 bits per heavy atom. The number of likely N-dealkylation sites (tertiary alicyclic amines) is 2. The van der Waals surface area contributed by atoms with Gasteiger partial charge in [-0.15, -0.1) is 0 Å². The summed E-state index contributed by atoms with van der Waals surface area (Å²) in [5.74, 6) is 1.43. The van der Waals surface area contributed by atoms with Gasteiger partial charge in [0.1, 0.15) is 5.82 Å². The molecule has 40 heavy (non-hydrogen) atoms. The van der Waals surface area contributed by atoms with Crippen LogP contribution in [0.4, 0.5) is 13.2 Å². The number of halogens is 3. The van der Waals surface area contributed by atoms with Crippen molar-refractivity contribution >= 4 is 11.0 Å². The molecule has 0 spiro atoms. The third kappa shape index (κ3) is 6.42. The van der Waals surface area contributed by atoms with Crippen LogP contribution >= 0.6 is 0 Å². The van der Waals surface area contributed by atoms with E-state index in [2.05, 4.69) is 56.2 Å². The van der Waals surface area contributed by atoms with Gasteiger partial charge in [-0.05, 0) is 112 Å². The van der Waals surface area contributed by atoms with Gasteiger partial charge in [0.15, 0.2) is 0 Å². The highest BCUT2D eigenvalue weighted by atomic mass is 19.4. The van der Waals surface area contributed by atoms with E-state index in [-0.39, 0.29) is 0 Å². The molecule has 0 atom stereocenters. The molecule has 0 saturated carbocycles. The number of alkyl halides is 3. The number of nitrogens with zero attached hydrogens (tertiary/aromatic N) is 3. The van der Waals surface area contributed by atoms with Crippen LogP contribution in [-0.4, -0.2) is 52.5 Å². The fourth-order valence-electron chi connectivity index (χ4n) is 6.23. The Balaban J connectivity index is 1.06. The molecule has 7 heteroatoms. The number of rotatable bonds is 7.